The van der Waals surface area contributed by atoms with Crippen LogP contribution < -0.4 is 5.32 Å². The van der Waals surface area contributed by atoms with Gasteiger partial charge in [-0.15, -0.1) is 11.3 Å². The van der Waals surface area contributed by atoms with Crippen LogP contribution in [0.3, 0.4) is 0 Å². The maximum Gasteiger partial charge on any atom is 2.00 e. The molecular weight excluding hydrogens is 524 g/mol. The molecule has 1 aromatic heterocycles. The number of cyclic esters (lactones) is 1. The van der Waals surface area contributed by atoms with Gasteiger partial charge in [-0.05, 0) is 52.0 Å². The number of anilines is 1. The van der Waals surface area contributed by atoms with Crippen LogP contribution in [-0.2, 0) is 33.4 Å². The van der Waals surface area contributed by atoms with Crippen LogP contribution >= 0.6 is 11.3 Å². The first kappa shape index (κ1) is 29.5. The number of aromatic nitrogens is 1. The summed E-state index contributed by atoms with van der Waals surface area (Å²) in [5, 5.41) is 4.99. The van der Waals surface area contributed by atoms with Gasteiger partial charge < -0.3 is 14.2 Å². The Balaban J connectivity index is 0.00000380. The SMILES string of the molecule is COC(=O)C1=CC[C@@]23CC[C@@H]([C@@](C)(/C=C/C=C(\C)C(=O)Nc4nccs4)OC2=O)[C@@]3(OC(C)=O)CC1.[Ca+2]. The second-order valence-corrected chi connectivity index (χ2v) is 10.5. The van der Waals surface area contributed by atoms with E-state index in [0.717, 1.165) is 0 Å². The number of ether oxygens (including phenoxy) is 3. The van der Waals surface area contributed by atoms with Gasteiger partial charge in [0, 0.05) is 35.6 Å². The minimum atomic E-state index is -1.12. The molecule has 3 aliphatic rings. The molecule has 0 aromatic carbocycles. The molecule has 1 N–H and O–H groups in total. The summed E-state index contributed by atoms with van der Waals surface area (Å²) in [5.74, 6) is -2.00. The van der Waals surface area contributed by atoms with Gasteiger partial charge in [0.05, 0.1) is 7.11 Å². The second kappa shape index (κ2) is 11.4. The molecule has 4 atom stereocenters. The first-order valence-electron chi connectivity index (χ1n) is 11.8. The van der Waals surface area contributed by atoms with E-state index in [1.165, 1.54) is 25.4 Å². The van der Waals surface area contributed by atoms with Gasteiger partial charge in [0.1, 0.15) is 16.6 Å². The third-order valence-corrected chi connectivity index (χ3v) is 8.34. The molecule has 1 aliphatic heterocycles. The monoisotopic (exact) mass is 554 g/mol. The summed E-state index contributed by atoms with van der Waals surface area (Å²) in [7, 11) is 1.32. The number of rotatable bonds is 6. The zero-order valence-corrected chi connectivity index (χ0v) is 24.5. The number of allylic oxidation sites excluding steroid dienone is 3. The molecule has 1 aromatic rings. The molecule has 1 saturated carbocycles. The smallest absolute Gasteiger partial charge is 0.466 e. The number of nitrogens with one attached hydrogen (secondary N) is 1. The Morgan fingerprint density at radius 2 is 2.03 bits per heavy atom. The van der Waals surface area contributed by atoms with E-state index in [1.807, 2.05) is 0 Å². The van der Waals surface area contributed by atoms with Crippen molar-refractivity contribution in [1.82, 2.24) is 4.98 Å². The average molecular weight is 555 g/mol. The quantitative estimate of drug-likeness (QED) is 0.187. The van der Waals surface area contributed by atoms with Gasteiger partial charge >= 0.3 is 55.6 Å². The van der Waals surface area contributed by atoms with Crippen molar-refractivity contribution in [2.24, 2.45) is 11.3 Å². The number of carbonyl (C=O) groups excluding carboxylic acids is 4. The number of esters is 3. The Hall–Kier alpha value is -2.01. The number of nitrogens with zero attached hydrogens (tertiary/aromatic N) is 1. The van der Waals surface area contributed by atoms with E-state index in [0.29, 0.717) is 42.0 Å². The topological polar surface area (TPSA) is 121 Å². The number of hydrogen-bond donors (Lipinski definition) is 1. The van der Waals surface area contributed by atoms with E-state index < -0.39 is 34.5 Å². The van der Waals surface area contributed by atoms with Crippen molar-refractivity contribution < 1.29 is 33.4 Å². The number of hydrogen-bond acceptors (Lipinski definition) is 9. The van der Waals surface area contributed by atoms with Crippen molar-refractivity contribution in [1.29, 1.82) is 0 Å². The summed E-state index contributed by atoms with van der Waals surface area (Å²) < 4.78 is 17.0. The maximum absolute atomic E-state index is 13.6. The largest absolute Gasteiger partial charge is 2.00 e. The van der Waals surface area contributed by atoms with Crippen LogP contribution in [0.1, 0.15) is 52.9 Å². The van der Waals surface area contributed by atoms with Crippen molar-refractivity contribution in [2.75, 3.05) is 12.4 Å². The van der Waals surface area contributed by atoms with E-state index in [1.54, 1.807) is 49.7 Å². The van der Waals surface area contributed by atoms with E-state index in [9.17, 15) is 19.2 Å². The third-order valence-electron chi connectivity index (χ3n) is 7.65. The summed E-state index contributed by atoms with van der Waals surface area (Å²) in [4.78, 5) is 54.7. The van der Waals surface area contributed by atoms with Crippen molar-refractivity contribution in [3.63, 3.8) is 0 Å². The molecule has 2 aliphatic carbocycles. The maximum atomic E-state index is 13.6. The predicted octanol–water partition coefficient (Wildman–Crippen LogP) is 3.50. The summed E-state index contributed by atoms with van der Waals surface area (Å²) in [5.41, 5.74) is -2.35. The van der Waals surface area contributed by atoms with Crippen LogP contribution in [0.2, 0.25) is 0 Å². The predicted molar refractivity (Wildman–Crippen MR) is 137 cm³/mol. The number of carbonyl (C=O) groups is 4. The zero-order chi connectivity index (χ0) is 26.1. The fourth-order valence-electron chi connectivity index (χ4n) is 5.94. The van der Waals surface area contributed by atoms with Crippen LogP contribution in [0.5, 0.6) is 0 Å². The Labute approximate surface area is 249 Å². The van der Waals surface area contributed by atoms with Crippen LogP contribution in [0.15, 0.2) is 47.0 Å². The molecule has 2 heterocycles. The molecule has 11 heteroatoms. The minimum absolute atomic E-state index is 0. The molecule has 0 unspecified atom stereocenters. The number of thiazole rings is 1. The van der Waals surface area contributed by atoms with Crippen LogP contribution in [0.25, 0.3) is 0 Å². The first-order chi connectivity index (χ1) is 17.1. The van der Waals surface area contributed by atoms with Crippen LogP contribution in [-0.4, -0.2) is 84.8 Å². The third kappa shape index (κ3) is 5.30. The zero-order valence-electron chi connectivity index (χ0n) is 21.5. The number of methoxy groups -OCH3 is 1. The Kier molecular flexibility index (Phi) is 9.09. The first-order valence-corrected chi connectivity index (χ1v) is 12.7. The van der Waals surface area contributed by atoms with Gasteiger partial charge in [-0.25, -0.2) is 9.78 Å². The molecule has 9 nitrogen and oxygen atoms in total. The Morgan fingerprint density at radius 1 is 1.27 bits per heavy atom. The van der Waals surface area contributed by atoms with Gasteiger partial charge in [0.15, 0.2) is 5.13 Å². The van der Waals surface area contributed by atoms with E-state index in [-0.39, 0.29) is 56.0 Å². The fourth-order valence-corrected chi connectivity index (χ4v) is 6.46. The Bertz CT molecular complexity index is 1180. The number of amides is 1. The minimum Gasteiger partial charge on any atom is -0.466 e. The van der Waals surface area contributed by atoms with Gasteiger partial charge in [-0.3, -0.25) is 19.7 Å². The van der Waals surface area contributed by atoms with Gasteiger partial charge in [-0.2, -0.15) is 0 Å². The van der Waals surface area contributed by atoms with Crippen LogP contribution in [0, 0.1) is 11.3 Å². The van der Waals surface area contributed by atoms with Crippen molar-refractivity contribution >= 4 is 78.0 Å². The summed E-state index contributed by atoms with van der Waals surface area (Å²) >= 11 is 1.32. The molecular formula is C26H30CaN2O7S+2. The van der Waals surface area contributed by atoms with Crippen LogP contribution in [0.4, 0.5) is 5.13 Å². The van der Waals surface area contributed by atoms with Gasteiger partial charge in [0.2, 0.25) is 0 Å². The van der Waals surface area contributed by atoms with E-state index >= 15 is 0 Å². The molecule has 0 spiro atoms. The van der Waals surface area contributed by atoms with Gasteiger partial charge in [-0.1, -0.05) is 18.2 Å². The average Bonchev–Trinajstić information content (AvgIpc) is 3.38. The normalized spacial score (nSPS) is 30.8. The molecule has 37 heavy (non-hydrogen) atoms. The molecule has 0 radical (unpaired) electrons. The summed E-state index contributed by atoms with van der Waals surface area (Å²) in [6.07, 6.45) is 10.3. The van der Waals surface area contributed by atoms with Gasteiger partial charge in [0.25, 0.3) is 5.91 Å². The summed E-state index contributed by atoms with van der Waals surface area (Å²) in [6.45, 7) is 4.81. The van der Waals surface area contributed by atoms with Crippen molar-refractivity contribution in [3.8, 4) is 0 Å². The summed E-state index contributed by atoms with van der Waals surface area (Å²) in [6, 6.07) is 0. The molecule has 1 amide bonds. The molecule has 192 valence electrons. The van der Waals surface area contributed by atoms with Crippen molar-refractivity contribution in [3.05, 3.63) is 47.0 Å². The van der Waals surface area contributed by atoms with E-state index in [4.69, 9.17) is 14.2 Å². The molecule has 2 bridgehead atoms. The molecule has 2 fully saturated rings. The van der Waals surface area contributed by atoms with E-state index in [2.05, 4.69) is 10.3 Å². The molecule has 1 saturated heterocycles. The fraction of sp³-hybridized carbons (Fsp3) is 0.500. The van der Waals surface area contributed by atoms with Crippen molar-refractivity contribution in [2.45, 2.75) is 64.1 Å². The standard InChI is InChI=1S/C26H30N2O7S.Ca/c1-16(20(30)28-23-27-14-15-36-23)6-5-10-24(3)19-9-12-25(22(32)35-24)11-7-18(21(31)33-4)8-13-26(19,25)34-17(2)29;/h5-7,10,14-15,19H,8-9,11-13H2,1-4H3,(H,27,28,30);/q;+2/b10-5+,16-6+;/t19-,24+,25+,26-;/m0./s1. The molecule has 4 rings (SSSR count). The second-order valence-electron chi connectivity index (χ2n) is 9.66. The Morgan fingerprint density at radius 3 is 2.68 bits per heavy atom.